The summed E-state index contributed by atoms with van der Waals surface area (Å²) in [5.74, 6) is -0.394. The van der Waals surface area contributed by atoms with Crippen molar-refractivity contribution in [3.05, 3.63) is 131 Å². The summed E-state index contributed by atoms with van der Waals surface area (Å²) in [7, 11) is 0. The first-order valence-electron chi connectivity index (χ1n) is 11.0. The summed E-state index contributed by atoms with van der Waals surface area (Å²) < 4.78 is 0. The van der Waals surface area contributed by atoms with Crippen LogP contribution in [-0.4, -0.2) is 11.8 Å². The van der Waals surface area contributed by atoms with Crippen LogP contribution >= 0.6 is 0 Å². The number of amides is 2. The van der Waals surface area contributed by atoms with Gasteiger partial charge in [0.2, 0.25) is 0 Å². The first-order valence-corrected chi connectivity index (χ1v) is 11.0. The second kappa shape index (κ2) is 11.6. The fourth-order valence-electron chi connectivity index (χ4n) is 3.42. The van der Waals surface area contributed by atoms with Gasteiger partial charge in [0.25, 0.3) is 11.8 Å². The lowest BCUT2D eigenvalue weighted by atomic mass is 10.0. The van der Waals surface area contributed by atoms with Gasteiger partial charge in [-0.05, 0) is 46.5 Å². The highest BCUT2D eigenvalue weighted by molar-refractivity contribution is 5.95. The van der Waals surface area contributed by atoms with Crippen LogP contribution in [0.2, 0.25) is 0 Å². The Morgan fingerprint density at radius 2 is 0.824 bits per heavy atom. The van der Waals surface area contributed by atoms with Crippen LogP contribution in [0.5, 0.6) is 0 Å². The first-order chi connectivity index (χ1) is 16.7. The Morgan fingerprint density at radius 1 is 0.471 bits per heavy atom. The van der Waals surface area contributed by atoms with Crippen molar-refractivity contribution in [2.24, 2.45) is 0 Å². The molecule has 0 heterocycles. The van der Waals surface area contributed by atoms with E-state index in [4.69, 9.17) is 0 Å². The lowest BCUT2D eigenvalue weighted by molar-refractivity contribution is 0.0924. The van der Waals surface area contributed by atoms with Gasteiger partial charge in [0, 0.05) is 24.2 Å². The van der Waals surface area contributed by atoms with Gasteiger partial charge < -0.3 is 0 Å². The molecule has 0 aliphatic heterocycles. The number of rotatable bonds is 9. The molecule has 6 heteroatoms. The number of hydrogen-bond donors (Lipinski definition) is 4. The van der Waals surface area contributed by atoms with E-state index in [1.165, 1.54) is 0 Å². The summed E-state index contributed by atoms with van der Waals surface area (Å²) in [6.07, 6.45) is 0. The van der Waals surface area contributed by atoms with E-state index < -0.39 is 0 Å². The minimum Gasteiger partial charge on any atom is -0.287 e. The summed E-state index contributed by atoms with van der Waals surface area (Å²) in [4.78, 5) is 24.7. The zero-order chi connectivity index (χ0) is 23.6. The maximum absolute atomic E-state index is 12.4. The van der Waals surface area contributed by atoms with E-state index in [1.807, 2.05) is 84.9 Å². The van der Waals surface area contributed by atoms with E-state index in [1.54, 1.807) is 24.3 Å². The lowest BCUT2D eigenvalue weighted by Crippen LogP contribution is -2.36. The van der Waals surface area contributed by atoms with Crippen molar-refractivity contribution in [1.82, 2.24) is 21.7 Å². The Hall–Kier alpha value is -4.26. The quantitative estimate of drug-likeness (QED) is 0.288. The molecule has 0 aromatic heterocycles. The average molecular weight is 451 g/mol. The molecule has 6 nitrogen and oxygen atoms in total. The zero-order valence-electron chi connectivity index (χ0n) is 18.6. The molecule has 0 fully saturated rings. The third kappa shape index (κ3) is 6.38. The molecule has 0 atom stereocenters. The number of benzene rings is 4. The average Bonchev–Trinajstić information content (AvgIpc) is 2.90. The summed E-state index contributed by atoms with van der Waals surface area (Å²) in [6, 6.07) is 34.4. The van der Waals surface area contributed by atoms with E-state index in [0.717, 1.165) is 22.3 Å². The van der Waals surface area contributed by atoms with Gasteiger partial charge in [-0.1, -0.05) is 84.9 Å². The Kier molecular flexibility index (Phi) is 7.79. The maximum Gasteiger partial charge on any atom is 0.265 e. The third-order valence-electron chi connectivity index (χ3n) is 5.30. The van der Waals surface area contributed by atoms with E-state index in [2.05, 4.69) is 21.7 Å². The molecule has 0 aliphatic carbocycles. The van der Waals surface area contributed by atoms with Crippen LogP contribution in [0.25, 0.3) is 11.1 Å². The van der Waals surface area contributed by atoms with Crippen LogP contribution in [0.4, 0.5) is 0 Å². The Labute approximate surface area is 199 Å². The standard InChI is InChI=1S/C28H26N4O2/c33-27(31-29-19-21-7-3-1-4-8-21)25-15-11-23(12-16-25)24-13-17-26(18-14-24)28(34)32-30-20-22-9-5-2-6-10-22/h1-18,29-30H,19-20H2,(H,31,33)(H,32,34). The molecule has 170 valence electrons. The molecular weight excluding hydrogens is 424 g/mol. The molecule has 2 amide bonds. The molecule has 0 spiro atoms. The van der Waals surface area contributed by atoms with Gasteiger partial charge in [0.1, 0.15) is 0 Å². The van der Waals surface area contributed by atoms with Crippen LogP contribution in [0.15, 0.2) is 109 Å². The Bertz CT molecular complexity index is 1110. The molecule has 0 aliphatic rings. The highest BCUT2D eigenvalue weighted by atomic mass is 16.2. The molecule has 0 unspecified atom stereocenters. The van der Waals surface area contributed by atoms with Gasteiger partial charge in [-0.15, -0.1) is 0 Å². The van der Waals surface area contributed by atoms with Crippen molar-refractivity contribution in [3.8, 4) is 11.1 Å². The second-order valence-corrected chi connectivity index (χ2v) is 7.74. The van der Waals surface area contributed by atoms with Crippen molar-refractivity contribution < 1.29 is 9.59 Å². The van der Waals surface area contributed by atoms with Crippen molar-refractivity contribution in [3.63, 3.8) is 0 Å². The highest BCUT2D eigenvalue weighted by Gasteiger charge is 2.08. The number of hydrogen-bond acceptors (Lipinski definition) is 4. The van der Waals surface area contributed by atoms with Crippen LogP contribution in [0.3, 0.4) is 0 Å². The van der Waals surface area contributed by atoms with Crippen LogP contribution in [-0.2, 0) is 13.1 Å². The monoisotopic (exact) mass is 450 g/mol. The molecule has 4 N–H and O–H groups in total. The van der Waals surface area contributed by atoms with Gasteiger partial charge in [0.05, 0.1) is 0 Å². The molecule has 4 aromatic rings. The zero-order valence-corrected chi connectivity index (χ0v) is 18.6. The predicted octanol–water partition coefficient (Wildman–Crippen LogP) is 4.22. The molecule has 0 radical (unpaired) electrons. The van der Waals surface area contributed by atoms with Crippen LogP contribution in [0, 0.1) is 0 Å². The molecule has 34 heavy (non-hydrogen) atoms. The molecule has 0 bridgehead atoms. The van der Waals surface area contributed by atoms with Gasteiger partial charge in [0.15, 0.2) is 0 Å². The fraction of sp³-hybridized carbons (Fsp3) is 0.0714. The number of nitrogens with one attached hydrogen (secondary N) is 4. The summed E-state index contributed by atoms with van der Waals surface area (Å²) in [5, 5.41) is 0. The van der Waals surface area contributed by atoms with E-state index in [-0.39, 0.29) is 11.8 Å². The largest absolute Gasteiger partial charge is 0.287 e. The number of hydrazine groups is 2. The lowest BCUT2D eigenvalue weighted by Gasteiger charge is -2.09. The predicted molar refractivity (Wildman–Crippen MR) is 133 cm³/mol. The van der Waals surface area contributed by atoms with Crippen molar-refractivity contribution in [1.29, 1.82) is 0 Å². The van der Waals surface area contributed by atoms with Crippen LogP contribution < -0.4 is 21.7 Å². The summed E-state index contributed by atoms with van der Waals surface area (Å²) >= 11 is 0. The molecule has 0 saturated carbocycles. The van der Waals surface area contributed by atoms with Gasteiger partial charge in [-0.2, -0.15) is 0 Å². The summed E-state index contributed by atoms with van der Waals surface area (Å²) in [6.45, 7) is 1.10. The SMILES string of the molecule is O=C(NNCc1ccccc1)c1ccc(-c2ccc(C(=O)NNCc3ccccc3)cc2)cc1. The minimum absolute atomic E-state index is 0.197. The smallest absolute Gasteiger partial charge is 0.265 e. The molecule has 0 saturated heterocycles. The Morgan fingerprint density at radius 3 is 1.18 bits per heavy atom. The maximum atomic E-state index is 12.4. The highest BCUT2D eigenvalue weighted by Crippen LogP contribution is 2.20. The number of carbonyl (C=O) groups is 2. The van der Waals surface area contributed by atoms with Gasteiger partial charge in [-0.25, -0.2) is 10.9 Å². The molecule has 4 rings (SSSR count). The Balaban J connectivity index is 1.27. The fourth-order valence-corrected chi connectivity index (χ4v) is 3.42. The summed E-state index contributed by atoms with van der Waals surface area (Å²) in [5.41, 5.74) is 16.5. The van der Waals surface area contributed by atoms with Crippen LogP contribution in [0.1, 0.15) is 31.8 Å². The number of carbonyl (C=O) groups excluding carboxylic acids is 2. The van der Waals surface area contributed by atoms with Crippen molar-refractivity contribution in [2.45, 2.75) is 13.1 Å². The molecular formula is C28H26N4O2. The van der Waals surface area contributed by atoms with Crippen molar-refractivity contribution >= 4 is 11.8 Å². The topological polar surface area (TPSA) is 82.3 Å². The van der Waals surface area contributed by atoms with E-state index in [9.17, 15) is 9.59 Å². The second-order valence-electron chi connectivity index (χ2n) is 7.74. The normalized spacial score (nSPS) is 10.5. The first kappa shape index (κ1) is 22.9. The molecule has 4 aromatic carbocycles. The van der Waals surface area contributed by atoms with Crippen molar-refractivity contribution in [2.75, 3.05) is 0 Å². The van der Waals surface area contributed by atoms with E-state index >= 15 is 0 Å². The van der Waals surface area contributed by atoms with Gasteiger partial charge >= 0.3 is 0 Å². The van der Waals surface area contributed by atoms with E-state index in [0.29, 0.717) is 24.2 Å². The third-order valence-corrected chi connectivity index (χ3v) is 5.30. The minimum atomic E-state index is -0.197. The van der Waals surface area contributed by atoms with Gasteiger partial charge in [-0.3, -0.25) is 20.4 Å².